The second kappa shape index (κ2) is 7.67. The Morgan fingerprint density at radius 3 is 3.00 bits per heavy atom. The van der Waals surface area contributed by atoms with Crippen LogP contribution in [0.1, 0.15) is 24.1 Å². The van der Waals surface area contributed by atoms with Gasteiger partial charge in [-0.2, -0.15) is 0 Å². The van der Waals surface area contributed by atoms with E-state index in [-0.39, 0.29) is 12.5 Å². The Bertz CT molecular complexity index is 802. The first-order valence-corrected chi connectivity index (χ1v) is 10.2. The summed E-state index contributed by atoms with van der Waals surface area (Å²) in [5.74, 6) is -0.0760. The molecule has 27 heavy (non-hydrogen) atoms. The number of aliphatic hydroxyl groups excluding tert-OH is 1. The van der Waals surface area contributed by atoms with E-state index in [2.05, 4.69) is 15.2 Å². The lowest BCUT2D eigenvalue weighted by Crippen LogP contribution is -2.57. The number of carbonyl (C=O) groups excluding carboxylic acids is 1. The Morgan fingerprint density at radius 2 is 2.26 bits per heavy atom. The highest BCUT2D eigenvalue weighted by molar-refractivity contribution is 7.16. The summed E-state index contributed by atoms with van der Waals surface area (Å²) in [5.41, 5.74) is 1.48. The molecule has 4 rings (SSSR count). The monoisotopic (exact) mass is 387 g/mol. The summed E-state index contributed by atoms with van der Waals surface area (Å²) in [6.07, 6.45) is 2.03. The van der Waals surface area contributed by atoms with Crippen LogP contribution in [0.3, 0.4) is 0 Å². The number of amides is 1. The largest absolute Gasteiger partial charge is 0.390 e. The summed E-state index contributed by atoms with van der Waals surface area (Å²) < 4.78 is 5.86. The van der Waals surface area contributed by atoms with E-state index in [0.29, 0.717) is 31.2 Å². The molecule has 1 spiro atoms. The molecule has 144 valence electrons. The fraction of sp³-hybridized carbons (Fsp3) is 0.500. The van der Waals surface area contributed by atoms with E-state index in [9.17, 15) is 9.90 Å². The van der Waals surface area contributed by atoms with Gasteiger partial charge < -0.3 is 15.2 Å². The van der Waals surface area contributed by atoms with Crippen molar-refractivity contribution < 1.29 is 14.6 Å². The maximum atomic E-state index is 12.5. The molecule has 0 aliphatic carbocycles. The number of aliphatic hydroxyl groups is 1. The van der Waals surface area contributed by atoms with Gasteiger partial charge in [-0.15, -0.1) is 11.3 Å². The molecule has 0 unspecified atom stereocenters. The van der Waals surface area contributed by atoms with Gasteiger partial charge in [0.05, 0.1) is 18.3 Å². The molecule has 2 N–H and O–H groups in total. The van der Waals surface area contributed by atoms with Gasteiger partial charge in [-0.3, -0.25) is 9.69 Å². The number of hydrogen-bond acceptors (Lipinski definition) is 6. The molecule has 0 bridgehead atoms. The number of carbonyl (C=O) groups is 1. The third-order valence-corrected chi connectivity index (χ3v) is 6.29. The minimum absolute atomic E-state index is 0.0760. The first-order chi connectivity index (χ1) is 13.1. The standard InChI is InChI=1S/C20H25N3O3S/c1-14-18(15-6-3-2-4-7-15)22-19(27-14)21-17(25)12-23-10-8-16(24)20(13-23)9-5-11-26-20/h2-4,6-7,16,24H,5,8-13H2,1H3,(H,21,22,25)/t16-,20-/m0/s1. The number of rotatable bonds is 4. The number of benzene rings is 1. The van der Waals surface area contributed by atoms with E-state index in [0.717, 1.165) is 29.0 Å². The lowest BCUT2D eigenvalue weighted by Gasteiger charge is -2.42. The van der Waals surface area contributed by atoms with E-state index in [1.807, 2.05) is 37.3 Å². The number of likely N-dealkylation sites (tertiary alicyclic amines) is 1. The molecule has 3 heterocycles. The SMILES string of the molecule is Cc1sc(NC(=O)CN2CC[C@H](O)[C@]3(CCCO3)C2)nc1-c1ccccc1. The van der Waals surface area contributed by atoms with Crippen LogP contribution in [0.4, 0.5) is 5.13 Å². The summed E-state index contributed by atoms with van der Waals surface area (Å²) in [4.78, 5) is 20.3. The molecule has 1 aromatic carbocycles. The zero-order valence-corrected chi connectivity index (χ0v) is 16.3. The van der Waals surface area contributed by atoms with E-state index >= 15 is 0 Å². The molecule has 0 radical (unpaired) electrons. The Kier molecular flexibility index (Phi) is 5.27. The van der Waals surface area contributed by atoms with Crippen molar-refractivity contribution in [1.82, 2.24) is 9.88 Å². The first kappa shape index (κ1) is 18.6. The molecule has 1 aromatic heterocycles. The van der Waals surface area contributed by atoms with Crippen molar-refractivity contribution in [2.45, 2.75) is 37.9 Å². The Labute approximate surface area is 163 Å². The average Bonchev–Trinajstić information content (AvgIpc) is 3.26. The molecule has 2 aliphatic heterocycles. The fourth-order valence-corrected chi connectivity index (χ4v) is 4.90. The van der Waals surface area contributed by atoms with Crippen LogP contribution in [-0.2, 0) is 9.53 Å². The number of hydrogen-bond donors (Lipinski definition) is 2. The molecule has 2 saturated heterocycles. The van der Waals surface area contributed by atoms with Crippen molar-refractivity contribution in [2.24, 2.45) is 0 Å². The van der Waals surface area contributed by atoms with Crippen molar-refractivity contribution in [3.63, 3.8) is 0 Å². The highest BCUT2D eigenvalue weighted by Gasteiger charge is 2.46. The second-order valence-corrected chi connectivity index (χ2v) is 8.57. The highest BCUT2D eigenvalue weighted by atomic mass is 32.1. The van der Waals surface area contributed by atoms with Crippen molar-refractivity contribution in [2.75, 3.05) is 31.6 Å². The summed E-state index contributed by atoms with van der Waals surface area (Å²) >= 11 is 1.49. The van der Waals surface area contributed by atoms with E-state index in [1.165, 1.54) is 11.3 Å². The van der Waals surface area contributed by atoms with E-state index < -0.39 is 11.7 Å². The third kappa shape index (κ3) is 3.91. The normalized spacial score (nSPS) is 25.8. The van der Waals surface area contributed by atoms with Crippen LogP contribution in [0, 0.1) is 6.92 Å². The maximum absolute atomic E-state index is 12.5. The predicted octanol–water partition coefficient (Wildman–Crippen LogP) is 2.67. The van der Waals surface area contributed by atoms with E-state index in [1.54, 1.807) is 0 Å². The molecule has 2 fully saturated rings. The summed E-state index contributed by atoms with van der Waals surface area (Å²) in [6, 6.07) is 9.99. The van der Waals surface area contributed by atoms with Crippen LogP contribution in [0.15, 0.2) is 30.3 Å². The lowest BCUT2D eigenvalue weighted by molar-refractivity contribution is -0.137. The molecule has 0 saturated carbocycles. The number of nitrogens with zero attached hydrogens (tertiary/aromatic N) is 2. The topological polar surface area (TPSA) is 74.7 Å². The smallest absolute Gasteiger partial charge is 0.240 e. The van der Waals surface area contributed by atoms with Crippen molar-refractivity contribution >= 4 is 22.4 Å². The van der Waals surface area contributed by atoms with Crippen molar-refractivity contribution in [3.05, 3.63) is 35.2 Å². The predicted molar refractivity (Wildman–Crippen MR) is 106 cm³/mol. The van der Waals surface area contributed by atoms with Crippen LogP contribution in [0.25, 0.3) is 11.3 Å². The highest BCUT2D eigenvalue weighted by Crippen LogP contribution is 2.35. The molecular formula is C20H25N3O3S. The Balaban J connectivity index is 1.39. The van der Waals surface area contributed by atoms with Gasteiger partial charge in [0.1, 0.15) is 5.60 Å². The maximum Gasteiger partial charge on any atom is 0.240 e. The zero-order chi connectivity index (χ0) is 18.9. The minimum atomic E-state index is -0.489. The number of aryl methyl sites for hydroxylation is 1. The molecule has 1 amide bonds. The zero-order valence-electron chi connectivity index (χ0n) is 15.5. The summed E-state index contributed by atoms with van der Waals surface area (Å²) in [5, 5.41) is 13.9. The molecule has 2 aromatic rings. The van der Waals surface area contributed by atoms with Crippen molar-refractivity contribution in [3.8, 4) is 11.3 Å². The van der Waals surface area contributed by atoms with Gasteiger partial charge >= 0.3 is 0 Å². The number of piperidine rings is 1. The molecule has 6 nitrogen and oxygen atoms in total. The number of thiazole rings is 1. The lowest BCUT2D eigenvalue weighted by atomic mass is 9.87. The first-order valence-electron chi connectivity index (χ1n) is 9.43. The Morgan fingerprint density at radius 1 is 1.44 bits per heavy atom. The number of anilines is 1. The second-order valence-electron chi connectivity index (χ2n) is 7.37. The summed E-state index contributed by atoms with van der Waals surface area (Å²) in [6.45, 7) is 4.30. The van der Waals surface area contributed by atoms with Gasteiger partial charge in [0.25, 0.3) is 0 Å². The average molecular weight is 388 g/mol. The number of aromatic nitrogens is 1. The van der Waals surface area contributed by atoms with Crippen LogP contribution < -0.4 is 5.32 Å². The summed E-state index contributed by atoms with van der Waals surface area (Å²) in [7, 11) is 0. The fourth-order valence-electron chi connectivity index (χ4n) is 4.05. The van der Waals surface area contributed by atoms with Crippen LogP contribution in [0.2, 0.25) is 0 Å². The van der Waals surface area contributed by atoms with Gasteiger partial charge in [-0.05, 0) is 26.2 Å². The van der Waals surface area contributed by atoms with Crippen molar-refractivity contribution in [1.29, 1.82) is 0 Å². The minimum Gasteiger partial charge on any atom is -0.390 e. The van der Waals surface area contributed by atoms with Gasteiger partial charge in [-0.1, -0.05) is 30.3 Å². The Hall–Kier alpha value is -1.80. The molecule has 7 heteroatoms. The molecular weight excluding hydrogens is 362 g/mol. The number of nitrogens with one attached hydrogen (secondary N) is 1. The van der Waals surface area contributed by atoms with Gasteiger partial charge in [0.15, 0.2) is 5.13 Å². The van der Waals surface area contributed by atoms with Gasteiger partial charge in [0.2, 0.25) is 5.91 Å². The van der Waals surface area contributed by atoms with Crippen LogP contribution in [-0.4, -0.2) is 58.8 Å². The van der Waals surface area contributed by atoms with E-state index in [4.69, 9.17) is 4.74 Å². The van der Waals surface area contributed by atoms with Crippen LogP contribution >= 0.6 is 11.3 Å². The number of ether oxygens (including phenoxy) is 1. The van der Waals surface area contributed by atoms with Crippen LogP contribution in [0.5, 0.6) is 0 Å². The third-order valence-electron chi connectivity index (χ3n) is 5.41. The van der Waals surface area contributed by atoms with Gasteiger partial charge in [-0.25, -0.2) is 4.98 Å². The quantitative estimate of drug-likeness (QED) is 0.844. The van der Waals surface area contributed by atoms with Gasteiger partial charge in [0, 0.05) is 30.1 Å². The molecule has 2 atom stereocenters. The molecule has 2 aliphatic rings.